The molecule has 3 aromatic rings. The fraction of sp³-hybridized carbons (Fsp3) is 0.267. The van der Waals surface area contributed by atoms with E-state index >= 15 is 0 Å². The lowest BCUT2D eigenvalue weighted by Crippen LogP contribution is -2.11. The minimum atomic E-state index is 0.427. The molecule has 0 aliphatic rings. The molecule has 3 rings (SSSR count). The molecule has 1 aromatic carbocycles. The van der Waals surface area contributed by atoms with Crippen LogP contribution in [-0.2, 0) is 13.1 Å². The van der Waals surface area contributed by atoms with Crippen LogP contribution in [0.1, 0.15) is 18.4 Å². The summed E-state index contributed by atoms with van der Waals surface area (Å²) in [7, 11) is 0. The number of nitrogens with one attached hydrogen (secondary N) is 2. The molecule has 21 heavy (non-hydrogen) atoms. The van der Waals surface area contributed by atoms with Crippen molar-refractivity contribution in [2.45, 2.75) is 20.0 Å². The van der Waals surface area contributed by atoms with Crippen LogP contribution in [-0.4, -0.2) is 21.7 Å². The van der Waals surface area contributed by atoms with E-state index in [4.69, 9.17) is 4.42 Å². The molecule has 0 radical (unpaired) electrons. The van der Waals surface area contributed by atoms with E-state index in [1.54, 1.807) is 6.20 Å². The lowest BCUT2D eigenvalue weighted by atomic mass is 10.1. The zero-order valence-corrected chi connectivity index (χ0v) is 11.8. The summed E-state index contributed by atoms with van der Waals surface area (Å²) in [6, 6.07) is 10.5. The number of nitrogens with zero attached hydrogens (tertiary/aromatic N) is 3. The van der Waals surface area contributed by atoms with Crippen molar-refractivity contribution in [2.24, 2.45) is 0 Å². The van der Waals surface area contributed by atoms with E-state index in [0.29, 0.717) is 25.0 Å². The second-order valence-electron chi connectivity index (χ2n) is 4.63. The average molecular weight is 283 g/mol. The molecule has 0 atom stereocenters. The summed E-state index contributed by atoms with van der Waals surface area (Å²) in [4.78, 5) is 4.42. The Bertz CT molecular complexity index is 719. The Morgan fingerprint density at radius 3 is 2.90 bits per heavy atom. The van der Waals surface area contributed by atoms with Crippen LogP contribution in [0.4, 0.5) is 6.01 Å². The first-order valence-electron chi connectivity index (χ1n) is 6.96. The monoisotopic (exact) mass is 283 g/mol. The van der Waals surface area contributed by atoms with Gasteiger partial charge in [0.15, 0.2) is 0 Å². The van der Waals surface area contributed by atoms with Gasteiger partial charge in [-0.2, -0.15) is 0 Å². The highest BCUT2D eigenvalue weighted by molar-refractivity contribution is 5.81. The lowest BCUT2D eigenvalue weighted by molar-refractivity contribution is 0.481. The highest BCUT2D eigenvalue weighted by Crippen LogP contribution is 2.17. The van der Waals surface area contributed by atoms with Gasteiger partial charge in [0.25, 0.3) is 0 Å². The number of pyridine rings is 1. The summed E-state index contributed by atoms with van der Waals surface area (Å²) < 4.78 is 5.50. The minimum absolute atomic E-state index is 0.427. The van der Waals surface area contributed by atoms with Crippen molar-refractivity contribution in [1.82, 2.24) is 20.5 Å². The van der Waals surface area contributed by atoms with Gasteiger partial charge in [-0.1, -0.05) is 36.3 Å². The molecule has 0 unspecified atom stereocenters. The first-order chi connectivity index (χ1) is 10.4. The van der Waals surface area contributed by atoms with Gasteiger partial charge >= 0.3 is 6.01 Å². The van der Waals surface area contributed by atoms with Crippen LogP contribution in [0.15, 0.2) is 40.9 Å². The lowest BCUT2D eigenvalue weighted by Gasteiger charge is -2.05. The number of rotatable bonds is 6. The van der Waals surface area contributed by atoms with Gasteiger partial charge in [0.05, 0.1) is 12.1 Å². The predicted molar refractivity (Wildman–Crippen MR) is 80.7 cm³/mol. The van der Waals surface area contributed by atoms with Crippen molar-refractivity contribution in [3.05, 3.63) is 48.0 Å². The van der Waals surface area contributed by atoms with Crippen LogP contribution in [0.25, 0.3) is 10.9 Å². The highest BCUT2D eigenvalue weighted by Gasteiger charge is 2.06. The van der Waals surface area contributed by atoms with Crippen LogP contribution in [0.2, 0.25) is 0 Å². The largest absolute Gasteiger partial charge is 0.407 e. The molecule has 108 valence electrons. The fourth-order valence-electron chi connectivity index (χ4n) is 2.11. The third kappa shape index (κ3) is 3.17. The van der Waals surface area contributed by atoms with Gasteiger partial charge in [-0.3, -0.25) is 4.98 Å². The van der Waals surface area contributed by atoms with E-state index < -0.39 is 0 Å². The van der Waals surface area contributed by atoms with Gasteiger partial charge in [0.2, 0.25) is 5.89 Å². The van der Waals surface area contributed by atoms with Crippen molar-refractivity contribution in [1.29, 1.82) is 0 Å². The first kappa shape index (κ1) is 13.5. The average Bonchev–Trinajstić information content (AvgIpc) is 2.99. The third-order valence-corrected chi connectivity index (χ3v) is 3.14. The van der Waals surface area contributed by atoms with Gasteiger partial charge in [-0.05, 0) is 18.2 Å². The highest BCUT2D eigenvalue weighted by atomic mass is 16.4. The molecule has 0 aliphatic carbocycles. The van der Waals surface area contributed by atoms with E-state index in [1.165, 1.54) is 0 Å². The molecule has 6 nitrogen and oxygen atoms in total. The molecule has 2 aromatic heterocycles. The number of hydrogen-bond acceptors (Lipinski definition) is 6. The van der Waals surface area contributed by atoms with Crippen LogP contribution < -0.4 is 10.6 Å². The van der Waals surface area contributed by atoms with Crippen molar-refractivity contribution in [2.75, 3.05) is 11.9 Å². The molecule has 0 spiro atoms. The summed E-state index contributed by atoms with van der Waals surface area (Å²) in [6.45, 7) is 4.08. The molecule has 6 heteroatoms. The maximum absolute atomic E-state index is 5.50. The quantitative estimate of drug-likeness (QED) is 0.723. The first-order valence-corrected chi connectivity index (χ1v) is 6.96. The van der Waals surface area contributed by atoms with Crippen molar-refractivity contribution < 1.29 is 4.42 Å². The Morgan fingerprint density at radius 1 is 1.10 bits per heavy atom. The predicted octanol–water partition coefficient (Wildman–Crippen LogP) is 2.34. The summed E-state index contributed by atoms with van der Waals surface area (Å²) in [5.41, 5.74) is 2.08. The molecular weight excluding hydrogens is 266 g/mol. The number of aromatic nitrogens is 3. The van der Waals surface area contributed by atoms with E-state index in [2.05, 4.69) is 25.8 Å². The van der Waals surface area contributed by atoms with E-state index in [9.17, 15) is 0 Å². The number of fused-ring (bicyclic) bond motifs is 1. The van der Waals surface area contributed by atoms with Crippen LogP contribution in [0, 0.1) is 0 Å². The summed E-state index contributed by atoms with van der Waals surface area (Å²) in [5.74, 6) is 0.579. The molecule has 0 aliphatic heterocycles. The summed E-state index contributed by atoms with van der Waals surface area (Å²) in [6.07, 6.45) is 1.80. The van der Waals surface area contributed by atoms with Crippen LogP contribution >= 0.6 is 0 Å². The number of hydrogen-bond donors (Lipinski definition) is 2. The van der Waals surface area contributed by atoms with Crippen molar-refractivity contribution in [3.8, 4) is 0 Å². The Kier molecular flexibility index (Phi) is 4.07. The second kappa shape index (κ2) is 6.32. The van der Waals surface area contributed by atoms with Gasteiger partial charge in [-0.25, -0.2) is 0 Å². The third-order valence-electron chi connectivity index (χ3n) is 3.14. The Hall–Kier alpha value is -2.47. The van der Waals surface area contributed by atoms with E-state index in [-0.39, 0.29) is 0 Å². The topological polar surface area (TPSA) is 75.9 Å². The van der Waals surface area contributed by atoms with Crippen LogP contribution in [0.5, 0.6) is 0 Å². The standard InChI is InChI=1S/C15H17N5O/c1-2-16-10-13-19-20-15(21-13)18-9-12-6-3-5-11-7-4-8-17-14(11)12/h3-8,16H,2,9-10H2,1H3,(H,18,20). The molecule has 0 bridgehead atoms. The van der Waals surface area contributed by atoms with Crippen molar-refractivity contribution in [3.63, 3.8) is 0 Å². The Labute approximate surface area is 122 Å². The normalized spacial score (nSPS) is 10.9. The molecule has 0 amide bonds. The van der Waals surface area contributed by atoms with Gasteiger partial charge in [-0.15, -0.1) is 5.10 Å². The summed E-state index contributed by atoms with van der Waals surface area (Å²) in [5, 5.41) is 15.4. The van der Waals surface area contributed by atoms with E-state index in [1.807, 2.05) is 37.3 Å². The van der Waals surface area contributed by atoms with Crippen molar-refractivity contribution >= 4 is 16.9 Å². The second-order valence-corrected chi connectivity index (χ2v) is 4.63. The maximum Gasteiger partial charge on any atom is 0.315 e. The number of para-hydroxylation sites is 1. The van der Waals surface area contributed by atoms with E-state index in [0.717, 1.165) is 23.0 Å². The maximum atomic E-state index is 5.50. The van der Waals surface area contributed by atoms with Gasteiger partial charge < -0.3 is 15.1 Å². The summed E-state index contributed by atoms with van der Waals surface area (Å²) >= 11 is 0. The zero-order chi connectivity index (χ0) is 14.5. The molecule has 2 heterocycles. The Balaban J connectivity index is 1.70. The minimum Gasteiger partial charge on any atom is -0.407 e. The smallest absolute Gasteiger partial charge is 0.315 e. The molecular formula is C15H17N5O. The zero-order valence-electron chi connectivity index (χ0n) is 11.8. The molecule has 0 fully saturated rings. The SMILES string of the molecule is CCNCc1nnc(NCc2cccc3cccnc23)o1. The van der Waals surface area contributed by atoms with Crippen LogP contribution in [0.3, 0.4) is 0 Å². The molecule has 2 N–H and O–H groups in total. The molecule has 0 saturated carbocycles. The fourth-order valence-corrected chi connectivity index (χ4v) is 2.11. The number of anilines is 1. The molecule has 0 saturated heterocycles. The Morgan fingerprint density at radius 2 is 2.00 bits per heavy atom. The van der Waals surface area contributed by atoms with Gasteiger partial charge in [0.1, 0.15) is 0 Å². The number of benzene rings is 1. The van der Waals surface area contributed by atoms with Gasteiger partial charge in [0, 0.05) is 18.1 Å².